The SMILES string of the molecule is COc1ccc(C[C@H](C)c2ccn(CCO)n2)cc1. The molecule has 4 heteroatoms. The first-order chi connectivity index (χ1) is 9.22. The van der Waals surface area contributed by atoms with Gasteiger partial charge < -0.3 is 9.84 Å². The van der Waals surface area contributed by atoms with E-state index in [-0.39, 0.29) is 6.61 Å². The lowest BCUT2D eigenvalue weighted by Crippen LogP contribution is -2.05. The van der Waals surface area contributed by atoms with Crippen molar-refractivity contribution in [3.8, 4) is 5.75 Å². The zero-order valence-electron chi connectivity index (χ0n) is 11.4. The number of aliphatic hydroxyl groups is 1. The number of ether oxygens (including phenoxy) is 1. The third-order valence-electron chi connectivity index (χ3n) is 3.20. The lowest BCUT2D eigenvalue weighted by molar-refractivity contribution is 0.269. The Morgan fingerprint density at radius 3 is 2.63 bits per heavy atom. The normalized spacial score (nSPS) is 12.4. The average molecular weight is 260 g/mol. The zero-order valence-corrected chi connectivity index (χ0v) is 11.4. The van der Waals surface area contributed by atoms with Gasteiger partial charge in [-0.15, -0.1) is 0 Å². The second-order valence-corrected chi connectivity index (χ2v) is 4.68. The molecule has 1 N–H and O–H groups in total. The summed E-state index contributed by atoms with van der Waals surface area (Å²) in [5.74, 6) is 1.23. The molecule has 1 atom stereocenters. The van der Waals surface area contributed by atoms with Crippen LogP contribution in [0, 0.1) is 0 Å². The summed E-state index contributed by atoms with van der Waals surface area (Å²) < 4.78 is 6.93. The van der Waals surface area contributed by atoms with Crippen LogP contribution in [0.5, 0.6) is 5.75 Å². The van der Waals surface area contributed by atoms with Crippen LogP contribution in [0.3, 0.4) is 0 Å². The van der Waals surface area contributed by atoms with E-state index in [1.807, 2.05) is 24.4 Å². The molecule has 19 heavy (non-hydrogen) atoms. The maximum atomic E-state index is 8.88. The van der Waals surface area contributed by atoms with Gasteiger partial charge in [0.25, 0.3) is 0 Å². The Hall–Kier alpha value is -1.81. The van der Waals surface area contributed by atoms with E-state index in [2.05, 4.69) is 24.2 Å². The summed E-state index contributed by atoms with van der Waals surface area (Å²) in [7, 11) is 1.67. The van der Waals surface area contributed by atoms with Gasteiger partial charge in [0.05, 0.1) is 26.0 Å². The summed E-state index contributed by atoms with van der Waals surface area (Å²) in [5, 5.41) is 13.3. The van der Waals surface area contributed by atoms with Crippen LogP contribution in [0.25, 0.3) is 0 Å². The number of rotatable bonds is 6. The fourth-order valence-corrected chi connectivity index (χ4v) is 2.09. The van der Waals surface area contributed by atoms with Crippen LogP contribution in [0.4, 0.5) is 0 Å². The topological polar surface area (TPSA) is 47.3 Å². The lowest BCUT2D eigenvalue weighted by Gasteiger charge is -2.09. The molecule has 4 nitrogen and oxygen atoms in total. The van der Waals surface area contributed by atoms with E-state index < -0.39 is 0 Å². The highest BCUT2D eigenvalue weighted by atomic mass is 16.5. The van der Waals surface area contributed by atoms with Crippen LogP contribution in [0.2, 0.25) is 0 Å². The lowest BCUT2D eigenvalue weighted by atomic mass is 9.98. The summed E-state index contributed by atoms with van der Waals surface area (Å²) in [6.07, 6.45) is 2.86. The zero-order chi connectivity index (χ0) is 13.7. The van der Waals surface area contributed by atoms with Gasteiger partial charge in [-0.25, -0.2) is 0 Å². The summed E-state index contributed by atoms with van der Waals surface area (Å²) in [4.78, 5) is 0. The highest BCUT2D eigenvalue weighted by molar-refractivity contribution is 5.28. The largest absolute Gasteiger partial charge is 0.497 e. The Kier molecular flexibility index (Phi) is 4.58. The van der Waals surface area contributed by atoms with Crippen molar-refractivity contribution in [2.24, 2.45) is 0 Å². The fraction of sp³-hybridized carbons (Fsp3) is 0.400. The number of aliphatic hydroxyl groups excluding tert-OH is 1. The Morgan fingerprint density at radius 1 is 1.26 bits per heavy atom. The first kappa shape index (κ1) is 13.6. The molecular formula is C15H20N2O2. The molecule has 2 rings (SSSR count). The Morgan fingerprint density at radius 2 is 2.00 bits per heavy atom. The van der Waals surface area contributed by atoms with Crippen LogP contribution in [-0.2, 0) is 13.0 Å². The molecule has 1 aromatic carbocycles. The van der Waals surface area contributed by atoms with E-state index in [1.54, 1.807) is 11.8 Å². The van der Waals surface area contributed by atoms with E-state index in [1.165, 1.54) is 5.56 Å². The number of nitrogens with zero attached hydrogens (tertiary/aromatic N) is 2. The second-order valence-electron chi connectivity index (χ2n) is 4.68. The highest BCUT2D eigenvalue weighted by Gasteiger charge is 2.10. The van der Waals surface area contributed by atoms with E-state index in [0.29, 0.717) is 12.5 Å². The van der Waals surface area contributed by atoms with Crippen molar-refractivity contribution >= 4 is 0 Å². The molecule has 0 bridgehead atoms. The molecule has 0 aliphatic rings. The van der Waals surface area contributed by atoms with Gasteiger partial charge >= 0.3 is 0 Å². The molecule has 0 unspecified atom stereocenters. The van der Waals surface area contributed by atoms with Crippen molar-refractivity contribution < 1.29 is 9.84 Å². The molecule has 0 saturated carbocycles. The molecule has 0 saturated heterocycles. The summed E-state index contributed by atoms with van der Waals surface area (Å²) in [5.41, 5.74) is 2.33. The summed E-state index contributed by atoms with van der Waals surface area (Å²) in [6.45, 7) is 2.83. The van der Waals surface area contributed by atoms with Crippen LogP contribution in [0.15, 0.2) is 36.5 Å². The number of benzene rings is 1. The Balaban J connectivity index is 2.00. The third kappa shape index (κ3) is 3.58. The maximum absolute atomic E-state index is 8.88. The predicted octanol–water partition coefficient (Wildman–Crippen LogP) is 2.23. The van der Waals surface area contributed by atoms with Crippen molar-refractivity contribution in [3.63, 3.8) is 0 Å². The molecule has 1 aromatic heterocycles. The number of methoxy groups -OCH3 is 1. The third-order valence-corrected chi connectivity index (χ3v) is 3.20. The molecule has 0 aliphatic carbocycles. The van der Waals surface area contributed by atoms with Gasteiger partial charge in [0.1, 0.15) is 5.75 Å². The standard InChI is InChI=1S/C15H20N2O2/c1-12(15-7-8-17(16-15)9-10-18)11-13-3-5-14(19-2)6-4-13/h3-8,12,18H,9-11H2,1-2H3/t12-/m0/s1. The minimum Gasteiger partial charge on any atom is -0.497 e. The molecule has 2 aromatic rings. The fourth-order valence-electron chi connectivity index (χ4n) is 2.09. The van der Waals surface area contributed by atoms with Crippen molar-refractivity contribution in [2.75, 3.05) is 13.7 Å². The maximum Gasteiger partial charge on any atom is 0.118 e. The van der Waals surface area contributed by atoms with E-state index in [0.717, 1.165) is 17.9 Å². The predicted molar refractivity (Wildman–Crippen MR) is 74.4 cm³/mol. The molecular weight excluding hydrogens is 240 g/mol. The van der Waals surface area contributed by atoms with Crippen molar-refractivity contribution in [1.82, 2.24) is 9.78 Å². The monoisotopic (exact) mass is 260 g/mol. The van der Waals surface area contributed by atoms with Crippen molar-refractivity contribution in [2.45, 2.75) is 25.8 Å². The van der Waals surface area contributed by atoms with Crippen molar-refractivity contribution in [3.05, 3.63) is 47.8 Å². The minimum atomic E-state index is 0.119. The number of hydrogen-bond acceptors (Lipinski definition) is 3. The second kappa shape index (κ2) is 6.38. The van der Waals surface area contributed by atoms with E-state index in [4.69, 9.17) is 9.84 Å². The van der Waals surface area contributed by atoms with Crippen LogP contribution in [-0.4, -0.2) is 28.6 Å². The number of aromatic nitrogens is 2. The highest BCUT2D eigenvalue weighted by Crippen LogP contribution is 2.20. The molecule has 102 valence electrons. The van der Waals surface area contributed by atoms with Gasteiger partial charge in [-0.1, -0.05) is 19.1 Å². The molecule has 0 spiro atoms. The van der Waals surface area contributed by atoms with E-state index in [9.17, 15) is 0 Å². The van der Waals surface area contributed by atoms with E-state index >= 15 is 0 Å². The van der Waals surface area contributed by atoms with Gasteiger partial charge in [0.2, 0.25) is 0 Å². The first-order valence-electron chi connectivity index (χ1n) is 6.50. The minimum absolute atomic E-state index is 0.119. The number of hydrogen-bond donors (Lipinski definition) is 1. The molecule has 1 heterocycles. The van der Waals surface area contributed by atoms with Gasteiger partial charge in [-0.3, -0.25) is 4.68 Å². The average Bonchev–Trinajstić information content (AvgIpc) is 2.89. The summed E-state index contributed by atoms with van der Waals surface area (Å²) >= 11 is 0. The van der Waals surface area contributed by atoms with Gasteiger partial charge in [0.15, 0.2) is 0 Å². The van der Waals surface area contributed by atoms with Crippen LogP contribution >= 0.6 is 0 Å². The van der Waals surface area contributed by atoms with Gasteiger partial charge in [-0.2, -0.15) is 5.10 Å². The summed E-state index contributed by atoms with van der Waals surface area (Å²) in [6, 6.07) is 10.1. The van der Waals surface area contributed by atoms with Crippen molar-refractivity contribution in [1.29, 1.82) is 0 Å². The smallest absolute Gasteiger partial charge is 0.118 e. The van der Waals surface area contributed by atoms with Gasteiger partial charge in [0, 0.05) is 12.1 Å². The van der Waals surface area contributed by atoms with Gasteiger partial charge in [-0.05, 0) is 30.2 Å². The van der Waals surface area contributed by atoms with Crippen LogP contribution < -0.4 is 4.74 Å². The Bertz CT molecular complexity index is 505. The van der Waals surface area contributed by atoms with Crippen LogP contribution in [0.1, 0.15) is 24.1 Å². The molecule has 0 fully saturated rings. The quantitative estimate of drug-likeness (QED) is 0.866. The molecule has 0 radical (unpaired) electrons. The molecule has 0 aliphatic heterocycles. The Labute approximate surface area is 113 Å². The molecule has 0 amide bonds. The first-order valence-corrected chi connectivity index (χ1v) is 6.50.